The van der Waals surface area contributed by atoms with Crippen LogP contribution in [0.25, 0.3) is 0 Å². The maximum atomic E-state index is 10.3. The molecule has 0 saturated carbocycles. The average molecular weight is 139 g/mol. The Bertz CT molecular complexity index is 159. The molecule has 0 spiro atoms. The molecule has 0 aliphatic heterocycles. The number of carbonyl (C=O) groups is 1. The zero-order valence-electron chi connectivity index (χ0n) is 6.48. The van der Waals surface area contributed by atoms with Gasteiger partial charge in [0, 0.05) is 6.54 Å². The number of allylic oxidation sites excluding steroid dienone is 3. The molecule has 56 valence electrons. The number of likely N-dealkylation sites (N-methyl/N-ethyl adjacent to an activating group) is 1. The lowest BCUT2D eigenvalue weighted by atomic mass is 10.3. The summed E-state index contributed by atoms with van der Waals surface area (Å²) in [7, 11) is 0. The summed E-state index contributed by atoms with van der Waals surface area (Å²) in [5, 5.41) is 2.90. The van der Waals surface area contributed by atoms with E-state index in [0.717, 1.165) is 18.4 Å². The SMILES string of the molecule is C=C(C)/C=C(/C=O)NCC. The van der Waals surface area contributed by atoms with Gasteiger partial charge in [-0.05, 0) is 19.9 Å². The van der Waals surface area contributed by atoms with E-state index in [9.17, 15) is 4.79 Å². The number of carbonyl (C=O) groups excluding carboxylic acids is 1. The molecule has 0 aromatic heterocycles. The zero-order valence-corrected chi connectivity index (χ0v) is 6.48. The second kappa shape index (κ2) is 4.79. The van der Waals surface area contributed by atoms with Crippen molar-refractivity contribution in [3.63, 3.8) is 0 Å². The standard InChI is InChI=1S/C8H13NO/c1-4-9-8(6-10)5-7(2)3/h5-6,9H,2,4H2,1,3H3/b8-5-. The molecule has 0 atom stereocenters. The van der Waals surface area contributed by atoms with Crippen LogP contribution in [-0.4, -0.2) is 12.8 Å². The van der Waals surface area contributed by atoms with Crippen LogP contribution >= 0.6 is 0 Å². The van der Waals surface area contributed by atoms with Crippen LogP contribution < -0.4 is 5.32 Å². The highest BCUT2D eigenvalue weighted by Crippen LogP contribution is 1.92. The first-order valence-electron chi connectivity index (χ1n) is 3.27. The largest absolute Gasteiger partial charge is 0.383 e. The molecule has 0 aromatic rings. The lowest BCUT2D eigenvalue weighted by molar-refractivity contribution is -0.105. The minimum atomic E-state index is 0.593. The Morgan fingerprint density at radius 1 is 1.70 bits per heavy atom. The van der Waals surface area contributed by atoms with E-state index in [2.05, 4.69) is 11.9 Å². The Balaban J connectivity index is 4.03. The van der Waals surface area contributed by atoms with Crippen molar-refractivity contribution in [1.29, 1.82) is 0 Å². The summed E-state index contributed by atoms with van der Waals surface area (Å²) in [6, 6.07) is 0. The van der Waals surface area contributed by atoms with Crippen LogP contribution in [-0.2, 0) is 4.79 Å². The fourth-order valence-corrected chi connectivity index (χ4v) is 0.596. The van der Waals surface area contributed by atoms with Gasteiger partial charge in [-0.2, -0.15) is 0 Å². The van der Waals surface area contributed by atoms with E-state index in [4.69, 9.17) is 0 Å². The Morgan fingerprint density at radius 2 is 2.30 bits per heavy atom. The molecule has 0 aliphatic rings. The second-order valence-electron chi connectivity index (χ2n) is 2.09. The molecule has 0 aromatic carbocycles. The Labute approximate surface area is 61.6 Å². The fourth-order valence-electron chi connectivity index (χ4n) is 0.596. The van der Waals surface area contributed by atoms with Crippen LogP contribution in [0.5, 0.6) is 0 Å². The maximum absolute atomic E-state index is 10.3. The summed E-state index contributed by atoms with van der Waals surface area (Å²) in [6.45, 7) is 8.20. The Kier molecular flexibility index (Phi) is 4.29. The quantitative estimate of drug-likeness (QED) is 0.361. The molecule has 0 heterocycles. The van der Waals surface area contributed by atoms with Crippen molar-refractivity contribution >= 4 is 6.29 Å². The van der Waals surface area contributed by atoms with E-state index in [-0.39, 0.29) is 0 Å². The van der Waals surface area contributed by atoms with Crippen molar-refractivity contribution in [3.8, 4) is 0 Å². The highest BCUT2D eigenvalue weighted by Gasteiger charge is 1.89. The van der Waals surface area contributed by atoms with E-state index >= 15 is 0 Å². The van der Waals surface area contributed by atoms with Gasteiger partial charge >= 0.3 is 0 Å². The van der Waals surface area contributed by atoms with Crippen molar-refractivity contribution in [3.05, 3.63) is 23.9 Å². The van der Waals surface area contributed by atoms with Crippen LogP contribution in [0.4, 0.5) is 0 Å². The van der Waals surface area contributed by atoms with Gasteiger partial charge in [0.1, 0.15) is 0 Å². The molecule has 2 nitrogen and oxygen atoms in total. The first kappa shape index (κ1) is 8.95. The molecule has 0 fully saturated rings. The normalized spacial score (nSPS) is 10.8. The molecule has 0 aliphatic carbocycles. The zero-order chi connectivity index (χ0) is 7.98. The van der Waals surface area contributed by atoms with Crippen LogP contribution in [0.1, 0.15) is 13.8 Å². The summed E-state index contributed by atoms with van der Waals surface area (Å²) in [6.07, 6.45) is 2.51. The summed E-state index contributed by atoms with van der Waals surface area (Å²) in [5.74, 6) is 0. The van der Waals surface area contributed by atoms with Crippen LogP contribution in [0, 0.1) is 0 Å². The maximum Gasteiger partial charge on any atom is 0.165 e. The Hall–Kier alpha value is -1.05. The van der Waals surface area contributed by atoms with Gasteiger partial charge in [0.05, 0.1) is 5.70 Å². The van der Waals surface area contributed by atoms with E-state index in [0.29, 0.717) is 5.70 Å². The van der Waals surface area contributed by atoms with E-state index < -0.39 is 0 Å². The lowest BCUT2D eigenvalue weighted by Gasteiger charge is -1.99. The minimum absolute atomic E-state index is 0.593. The number of nitrogens with one attached hydrogen (secondary N) is 1. The fraction of sp³-hybridized carbons (Fsp3) is 0.375. The topological polar surface area (TPSA) is 29.1 Å². The van der Waals surface area contributed by atoms with Gasteiger partial charge < -0.3 is 5.32 Å². The highest BCUT2D eigenvalue weighted by atomic mass is 16.1. The van der Waals surface area contributed by atoms with Gasteiger partial charge in [-0.15, -0.1) is 0 Å². The molecular formula is C8H13NO. The van der Waals surface area contributed by atoms with Crippen LogP contribution in [0.15, 0.2) is 23.9 Å². The summed E-state index contributed by atoms with van der Waals surface area (Å²) >= 11 is 0. The predicted octanol–water partition coefficient (Wildman–Crippen LogP) is 1.25. The van der Waals surface area contributed by atoms with Gasteiger partial charge in [0.15, 0.2) is 6.29 Å². The van der Waals surface area contributed by atoms with Gasteiger partial charge in [0.25, 0.3) is 0 Å². The number of aldehydes is 1. The van der Waals surface area contributed by atoms with Gasteiger partial charge in [0.2, 0.25) is 0 Å². The summed E-state index contributed by atoms with van der Waals surface area (Å²) in [5.41, 5.74) is 1.47. The summed E-state index contributed by atoms with van der Waals surface area (Å²) in [4.78, 5) is 10.3. The first-order valence-corrected chi connectivity index (χ1v) is 3.27. The third-order valence-electron chi connectivity index (χ3n) is 0.910. The molecule has 10 heavy (non-hydrogen) atoms. The predicted molar refractivity (Wildman–Crippen MR) is 42.6 cm³/mol. The molecule has 0 amide bonds. The molecule has 1 N–H and O–H groups in total. The van der Waals surface area contributed by atoms with E-state index in [1.807, 2.05) is 13.8 Å². The molecule has 0 saturated heterocycles. The van der Waals surface area contributed by atoms with E-state index in [1.165, 1.54) is 0 Å². The van der Waals surface area contributed by atoms with Crippen molar-refractivity contribution in [2.24, 2.45) is 0 Å². The number of rotatable bonds is 4. The van der Waals surface area contributed by atoms with Gasteiger partial charge in [-0.1, -0.05) is 12.2 Å². The third kappa shape index (κ3) is 3.89. The van der Waals surface area contributed by atoms with Crippen LogP contribution in [0.3, 0.4) is 0 Å². The van der Waals surface area contributed by atoms with Crippen molar-refractivity contribution < 1.29 is 4.79 Å². The molecular weight excluding hydrogens is 126 g/mol. The van der Waals surface area contributed by atoms with Crippen LogP contribution in [0.2, 0.25) is 0 Å². The minimum Gasteiger partial charge on any atom is -0.383 e. The molecule has 0 unspecified atom stereocenters. The van der Waals surface area contributed by atoms with Crippen molar-refractivity contribution in [2.45, 2.75) is 13.8 Å². The molecule has 0 rings (SSSR count). The Morgan fingerprint density at radius 3 is 2.60 bits per heavy atom. The smallest absolute Gasteiger partial charge is 0.165 e. The third-order valence-corrected chi connectivity index (χ3v) is 0.910. The lowest BCUT2D eigenvalue weighted by Crippen LogP contribution is -2.12. The number of hydrogen-bond donors (Lipinski definition) is 1. The molecule has 0 bridgehead atoms. The molecule has 2 heteroatoms. The van der Waals surface area contributed by atoms with Gasteiger partial charge in [-0.25, -0.2) is 0 Å². The van der Waals surface area contributed by atoms with E-state index in [1.54, 1.807) is 6.08 Å². The van der Waals surface area contributed by atoms with Crippen molar-refractivity contribution in [1.82, 2.24) is 5.32 Å². The van der Waals surface area contributed by atoms with Gasteiger partial charge in [-0.3, -0.25) is 4.79 Å². The summed E-state index contributed by atoms with van der Waals surface area (Å²) < 4.78 is 0. The van der Waals surface area contributed by atoms with Crippen molar-refractivity contribution in [2.75, 3.05) is 6.54 Å². The monoisotopic (exact) mass is 139 g/mol. The molecule has 0 radical (unpaired) electrons. The second-order valence-corrected chi connectivity index (χ2v) is 2.09. The first-order chi connectivity index (χ1) is 4.70. The highest BCUT2D eigenvalue weighted by molar-refractivity contribution is 5.73. The average Bonchev–Trinajstić information content (AvgIpc) is 1.86. The number of hydrogen-bond acceptors (Lipinski definition) is 2.